The molecule has 0 bridgehead atoms. The highest BCUT2D eigenvalue weighted by atomic mass is 16.5. The number of nitrogens with one attached hydrogen (secondary N) is 3. The molecule has 3 rings (SSSR count). The molecule has 6 heteroatoms. The number of guanidine groups is 1. The van der Waals surface area contributed by atoms with Gasteiger partial charge >= 0.3 is 0 Å². The van der Waals surface area contributed by atoms with E-state index >= 15 is 0 Å². The Morgan fingerprint density at radius 3 is 2.63 bits per heavy atom. The molecule has 0 radical (unpaired) electrons. The molecule has 6 nitrogen and oxygen atoms in total. The van der Waals surface area contributed by atoms with Crippen molar-refractivity contribution >= 4 is 17.6 Å². The Morgan fingerprint density at radius 2 is 1.97 bits per heavy atom. The number of nitrogens with zero attached hydrogens (tertiary/aromatic N) is 1. The zero-order valence-corrected chi connectivity index (χ0v) is 18.6. The molecule has 3 N–H and O–H groups in total. The minimum Gasteiger partial charge on any atom is -0.385 e. The van der Waals surface area contributed by atoms with E-state index in [2.05, 4.69) is 27.0 Å². The fraction of sp³-hybridized carbons (Fsp3) is 0.667. The molecule has 2 aliphatic rings. The number of methoxy groups -OCH3 is 1. The van der Waals surface area contributed by atoms with Gasteiger partial charge in [-0.05, 0) is 55.2 Å². The highest BCUT2D eigenvalue weighted by Crippen LogP contribution is 2.43. The van der Waals surface area contributed by atoms with Gasteiger partial charge in [0.2, 0.25) is 5.91 Å². The summed E-state index contributed by atoms with van der Waals surface area (Å²) in [4.78, 5) is 16.9. The molecule has 2 saturated carbocycles. The summed E-state index contributed by atoms with van der Waals surface area (Å²) in [5.41, 5.74) is 2.34. The largest absolute Gasteiger partial charge is 0.385 e. The number of rotatable bonds is 9. The lowest BCUT2D eigenvalue weighted by molar-refractivity contribution is -0.120. The normalized spacial score (nSPS) is 19.1. The second kappa shape index (κ2) is 11.3. The van der Waals surface area contributed by atoms with Crippen molar-refractivity contribution in [3.63, 3.8) is 0 Å². The predicted molar refractivity (Wildman–Crippen MR) is 123 cm³/mol. The molecular formula is C24H38N4O2. The van der Waals surface area contributed by atoms with Gasteiger partial charge in [0.25, 0.3) is 0 Å². The van der Waals surface area contributed by atoms with Crippen LogP contribution in [0.5, 0.6) is 0 Å². The highest BCUT2D eigenvalue weighted by Gasteiger charge is 2.36. The lowest BCUT2D eigenvalue weighted by Crippen LogP contribution is -2.46. The van der Waals surface area contributed by atoms with Crippen molar-refractivity contribution in [3.05, 3.63) is 29.8 Å². The van der Waals surface area contributed by atoms with Gasteiger partial charge in [0.1, 0.15) is 0 Å². The van der Waals surface area contributed by atoms with Gasteiger partial charge in [-0.2, -0.15) is 0 Å². The van der Waals surface area contributed by atoms with Gasteiger partial charge in [-0.25, -0.2) is 0 Å². The average Bonchev–Trinajstić information content (AvgIpc) is 2.75. The molecule has 0 atom stereocenters. The van der Waals surface area contributed by atoms with Crippen molar-refractivity contribution < 1.29 is 9.53 Å². The number of hydrogen-bond donors (Lipinski definition) is 3. The van der Waals surface area contributed by atoms with Crippen molar-refractivity contribution in [1.29, 1.82) is 0 Å². The maximum absolute atomic E-state index is 12.5. The van der Waals surface area contributed by atoms with Crippen LogP contribution in [0.25, 0.3) is 0 Å². The van der Waals surface area contributed by atoms with E-state index in [1.165, 1.54) is 38.5 Å². The molecular weight excluding hydrogens is 376 g/mol. The Kier molecular flexibility index (Phi) is 8.55. The quantitative estimate of drug-likeness (QED) is 0.420. The number of amides is 1. The molecule has 0 unspecified atom stereocenters. The number of carbonyl (C=O) groups excluding carboxylic acids is 1. The fourth-order valence-electron chi connectivity index (χ4n) is 4.56. The number of anilines is 1. The third-order valence-electron chi connectivity index (χ3n) is 6.74. The second-order valence-electron chi connectivity index (χ2n) is 8.90. The second-order valence-corrected chi connectivity index (χ2v) is 8.90. The highest BCUT2D eigenvalue weighted by molar-refractivity contribution is 5.92. The summed E-state index contributed by atoms with van der Waals surface area (Å²) < 4.78 is 5.29. The average molecular weight is 415 g/mol. The fourth-order valence-corrected chi connectivity index (χ4v) is 4.56. The van der Waals surface area contributed by atoms with Gasteiger partial charge < -0.3 is 20.7 Å². The standard InChI is InChI=1S/C24H38N4O2/c1-25-23(27-18-24(12-7-13-24)14-15-30-2)26-17-19-8-6-11-21(16-19)28-22(29)20-9-4-3-5-10-20/h6,8,11,16,20H,3-5,7,9-10,12-15,17-18H2,1-2H3,(H,28,29)(H2,25,26,27). The Balaban J connectivity index is 1.47. The van der Waals surface area contributed by atoms with Gasteiger partial charge in [-0.3, -0.25) is 9.79 Å². The Labute approximate surface area is 181 Å². The van der Waals surface area contributed by atoms with Crippen molar-refractivity contribution in [2.45, 2.75) is 64.3 Å². The van der Waals surface area contributed by atoms with Crippen molar-refractivity contribution in [3.8, 4) is 0 Å². The summed E-state index contributed by atoms with van der Waals surface area (Å²) in [5.74, 6) is 1.15. The van der Waals surface area contributed by atoms with E-state index in [-0.39, 0.29) is 11.8 Å². The van der Waals surface area contributed by atoms with Crippen molar-refractivity contribution in [1.82, 2.24) is 10.6 Å². The molecule has 2 aliphatic carbocycles. The third-order valence-corrected chi connectivity index (χ3v) is 6.74. The van der Waals surface area contributed by atoms with E-state index < -0.39 is 0 Å². The maximum Gasteiger partial charge on any atom is 0.227 e. The van der Waals surface area contributed by atoms with Crippen LogP contribution in [-0.2, 0) is 16.1 Å². The summed E-state index contributed by atoms with van der Waals surface area (Å²) in [6.45, 7) is 2.40. The Bertz CT molecular complexity index is 709. The topological polar surface area (TPSA) is 74.8 Å². The lowest BCUT2D eigenvalue weighted by Gasteiger charge is -2.42. The summed E-state index contributed by atoms with van der Waals surface area (Å²) >= 11 is 0. The van der Waals surface area contributed by atoms with Gasteiger partial charge in [0, 0.05) is 45.5 Å². The zero-order valence-electron chi connectivity index (χ0n) is 18.6. The first-order valence-electron chi connectivity index (χ1n) is 11.5. The molecule has 0 aromatic heterocycles. The van der Waals surface area contributed by atoms with Crippen LogP contribution in [0, 0.1) is 11.3 Å². The molecule has 1 amide bonds. The van der Waals surface area contributed by atoms with E-state index in [0.717, 1.165) is 49.6 Å². The zero-order chi connectivity index (χ0) is 21.2. The summed E-state index contributed by atoms with van der Waals surface area (Å²) in [7, 11) is 3.57. The van der Waals surface area contributed by atoms with Gasteiger partial charge in [-0.15, -0.1) is 0 Å². The number of aliphatic imine (C=N–C) groups is 1. The first kappa shape index (κ1) is 22.6. The molecule has 1 aromatic carbocycles. The monoisotopic (exact) mass is 414 g/mol. The number of carbonyl (C=O) groups is 1. The molecule has 0 spiro atoms. The van der Waals surface area contributed by atoms with Gasteiger partial charge in [0.05, 0.1) is 0 Å². The minimum absolute atomic E-state index is 0.166. The number of benzene rings is 1. The van der Waals surface area contributed by atoms with Crippen LogP contribution >= 0.6 is 0 Å². The van der Waals surface area contributed by atoms with Crippen LogP contribution in [0.4, 0.5) is 5.69 Å². The maximum atomic E-state index is 12.5. The SMILES string of the molecule is CN=C(NCc1cccc(NC(=O)C2CCCCC2)c1)NCC1(CCOC)CCC1. The van der Waals surface area contributed by atoms with Crippen LogP contribution in [0.1, 0.15) is 63.4 Å². The number of hydrogen-bond acceptors (Lipinski definition) is 3. The molecule has 166 valence electrons. The van der Waals surface area contributed by atoms with Crippen LogP contribution in [0.2, 0.25) is 0 Å². The third kappa shape index (κ3) is 6.46. The van der Waals surface area contributed by atoms with Crippen molar-refractivity contribution in [2.24, 2.45) is 16.3 Å². The van der Waals surface area contributed by atoms with E-state index in [1.807, 2.05) is 18.2 Å². The van der Waals surface area contributed by atoms with Crippen molar-refractivity contribution in [2.75, 3.05) is 32.6 Å². The van der Waals surface area contributed by atoms with E-state index in [9.17, 15) is 4.79 Å². The first-order chi connectivity index (χ1) is 14.6. The summed E-state index contributed by atoms with van der Waals surface area (Å²) in [6, 6.07) is 8.08. The van der Waals surface area contributed by atoms with E-state index in [0.29, 0.717) is 12.0 Å². The van der Waals surface area contributed by atoms with Crippen LogP contribution < -0.4 is 16.0 Å². The van der Waals surface area contributed by atoms with Gasteiger partial charge in [-0.1, -0.05) is 37.8 Å². The van der Waals surface area contributed by atoms with Gasteiger partial charge in [0.15, 0.2) is 5.96 Å². The smallest absolute Gasteiger partial charge is 0.227 e. The number of ether oxygens (including phenoxy) is 1. The first-order valence-corrected chi connectivity index (χ1v) is 11.5. The molecule has 30 heavy (non-hydrogen) atoms. The van der Waals surface area contributed by atoms with E-state index in [4.69, 9.17) is 4.74 Å². The molecule has 2 fully saturated rings. The molecule has 0 saturated heterocycles. The minimum atomic E-state index is 0.166. The molecule has 0 heterocycles. The van der Waals surface area contributed by atoms with Crippen LogP contribution in [0.3, 0.4) is 0 Å². The molecule has 0 aliphatic heterocycles. The molecule has 1 aromatic rings. The predicted octanol–water partition coefficient (Wildman–Crippen LogP) is 4.08. The Morgan fingerprint density at radius 1 is 1.17 bits per heavy atom. The lowest BCUT2D eigenvalue weighted by atomic mass is 9.67. The van der Waals surface area contributed by atoms with E-state index in [1.54, 1.807) is 14.2 Å². The summed E-state index contributed by atoms with van der Waals surface area (Å²) in [6.07, 6.45) is 10.5. The van der Waals surface area contributed by atoms with Crippen LogP contribution in [0.15, 0.2) is 29.3 Å². The Hall–Kier alpha value is -2.08. The summed E-state index contributed by atoms with van der Waals surface area (Å²) in [5, 5.41) is 10.0. The van der Waals surface area contributed by atoms with Crippen LogP contribution in [-0.4, -0.2) is 39.2 Å².